The molecule has 0 saturated carbocycles. The molecule has 0 aliphatic rings. The van der Waals surface area contributed by atoms with Crippen LogP contribution in [0, 0.1) is 5.82 Å². The summed E-state index contributed by atoms with van der Waals surface area (Å²) in [5.41, 5.74) is 0.736. The van der Waals surface area contributed by atoms with Gasteiger partial charge in [-0.05, 0) is 63.1 Å². The number of hydrogen-bond donors (Lipinski definition) is 2. The fourth-order valence-corrected chi connectivity index (χ4v) is 3.39. The lowest BCUT2D eigenvalue weighted by molar-refractivity contribution is -0.157. The van der Waals surface area contributed by atoms with Gasteiger partial charge in [-0.1, -0.05) is 40.5 Å². The summed E-state index contributed by atoms with van der Waals surface area (Å²) in [6.45, 7) is 5.01. The maximum atomic E-state index is 13.6. The zero-order valence-corrected chi connectivity index (χ0v) is 20.3. The van der Waals surface area contributed by atoms with Crippen molar-refractivity contribution in [1.29, 1.82) is 0 Å². The highest BCUT2D eigenvalue weighted by Gasteiger charge is 2.26. The number of amides is 1. The van der Waals surface area contributed by atoms with Crippen LogP contribution in [-0.4, -0.2) is 45.1 Å². The molecular weight excluding hydrogens is 484 g/mol. The first-order chi connectivity index (χ1) is 16.0. The zero-order chi connectivity index (χ0) is 24.9. The fourth-order valence-electron chi connectivity index (χ4n) is 3.09. The summed E-state index contributed by atoms with van der Waals surface area (Å²) >= 11 is 11.9. The molecule has 1 amide bonds. The van der Waals surface area contributed by atoms with Crippen LogP contribution in [0.15, 0.2) is 48.7 Å². The molecule has 11 heteroatoms. The largest absolute Gasteiger partial charge is 0.459 e. The molecule has 8 nitrogen and oxygen atoms in total. The summed E-state index contributed by atoms with van der Waals surface area (Å²) in [7, 11) is 0. The highest BCUT2D eigenvalue weighted by molar-refractivity contribution is 6.31. The number of halogens is 3. The Kier molecular flexibility index (Phi) is 8.24. The molecule has 0 fully saturated rings. The number of hydrogen-bond acceptors (Lipinski definition) is 6. The van der Waals surface area contributed by atoms with Crippen LogP contribution < -0.4 is 10.6 Å². The molecule has 1 aromatic heterocycles. The lowest BCUT2D eigenvalue weighted by Crippen LogP contribution is -2.45. The number of nitrogens with zero attached hydrogens (tertiary/aromatic N) is 3. The van der Waals surface area contributed by atoms with Crippen LogP contribution in [0.25, 0.3) is 5.69 Å². The topological polar surface area (TPSA) is 98.1 Å². The average Bonchev–Trinajstić information content (AvgIpc) is 3.16. The number of ether oxygens (including phenoxy) is 1. The number of benzene rings is 2. The summed E-state index contributed by atoms with van der Waals surface area (Å²) in [6.07, 6.45) is 1.62. The van der Waals surface area contributed by atoms with Crippen LogP contribution in [0.4, 0.5) is 10.1 Å². The van der Waals surface area contributed by atoms with Crippen LogP contribution in [-0.2, 0) is 20.7 Å². The Balaban J connectivity index is 1.73. The van der Waals surface area contributed by atoms with Crippen molar-refractivity contribution in [3.8, 4) is 5.69 Å². The highest BCUT2D eigenvalue weighted by Crippen LogP contribution is 2.24. The quantitative estimate of drug-likeness (QED) is 0.443. The minimum Gasteiger partial charge on any atom is -0.459 e. The molecule has 1 heterocycles. The Hall–Kier alpha value is -3.01. The molecule has 0 spiro atoms. The summed E-state index contributed by atoms with van der Waals surface area (Å²) in [4.78, 5) is 25.5. The normalized spacial score (nSPS) is 12.3. The summed E-state index contributed by atoms with van der Waals surface area (Å²) in [6, 6.07) is 9.88. The minimum absolute atomic E-state index is 0.139. The van der Waals surface area contributed by atoms with Crippen LogP contribution in [0.1, 0.15) is 26.3 Å². The van der Waals surface area contributed by atoms with E-state index in [0.29, 0.717) is 22.0 Å². The Morgan fingerprint density at radius 3 is 2.59 bits per heavy atom. The van der Waals surface area contributed by atoms with Crippen molar-refractivity contribution < 1.29 is 18.7 Å². The van der Waals surface area contributed by atoms with Gasteiger partial charge in [-0.15, -0.1) is 5.10 Å². The molecule has 0 radical (unpaired) electrons. The van der Waals surface area contributed by atoms with Crippen molar-refractivity contribution in [2.45, 2.75) is 38.8 Å². The van der Waals surface area contributed by atoms with Gasteiger partial charge in [-0.2, -0.15) is 0 Å². The molecule has 34 heavy (non-hydrogen) atoms. The molecule has 2 N–H and O–H groups in total. The predicted octanol–water partition coefficient (Wildman–Crippen LogP) is 4.19. The second kappa shape index (κ2) is 10.9. The molecule has 3 aromatic rings. The lowest BCUT2D eigenvalue weighted by atomic mass is 10.1. The first kappa shape index (κ1) is 25.6. The van der Waals surface area contributed by atoms with Gasteiger partial charge in [-0.25, -0.2) is 9.07 Å². The fraction of sp³-hybridized carbons (Fsp3) is 0.304. The standard InChI is InChI=1S/C23H24Cl2FN5O3/c1-23(2,3)34-22(33)18(10-14-5-4-6-16(26)9-14)27-12-21(32)28-17-11-15(24)7-8-19(17)31-13-20(25)29-30-31/h4-9,11,13,18,27H,10,12H2,1-3H3,(H,28,32). The van der Waals surface area contributed by atoms with Crippen molar-refractivity contribution >= 4 is 40.8 Å². The molecule has 1 unspecified atom stereocenters. The van der Waals surface area contributed by atoms with Crippen molar-refractivity contribution in [2.24, 2.45) is 0 Å². The molecule has 3 rings (SSSR count). The van der Waals surface area contributed by atoms with E-state index in [1.807, 2.05) is 0 Å². The van der Waals surface area contributed by atoms with Crippen molar-refractivity contribution in [2.75, 3.05) is 11.9 Å². The number of esters is 1. The van der Waals surface area contributed by atoms with Crippen molar-refractivity contribution in [1.82, 2.24) is 20.3 Å². The van der Waals surface area contributed by atoms with Gasteiger partial charge in [0.25, 0.3) is 0 Å². The van der Waals surface area contributed by atoms with Gasteiger partial charge < -0.3 is 10.1 Å². The molecule has 0 saturated heterocycles. The maximum Gasteiger partial charge on any atom is 0.324 e. The molecule has 2 aromatic carbocycles. The van der Waals surface area contributed by atoms with Gasteiger partial charge in [0.05, 0.1) is 24.1 Å². The van der Waals surface area contributed by atoms with Crippen molar-refractivity contribution in [3.05, 3.63) is 70.2 Å². The smallest absolute Gasteiger partial charge is 0.324 e. The second-order valence-electron chi connectivity index (χ2n) is 8.50. The third-order valence-corrected chi connectivity index (χ3v) is 4.88. The number of carbonyl (C=O) groups is 2. The molecule has 1 atom stereocenters. The van der Waals surface area contributed by atoms with Crippen molar-refractivity contribution in [3.63, 3.8) is 0 Å². The third kappa shape index (κ3) is 7.51. The van der Waals surface area contributed by atoms with Gasteiger partial charge in [-0.3, -0.25) is 14.9 Å². The minimum atomic E-state index is -0.875. The first-order valence-corrected chi connectivity index (χ1v) is 11.1. The predicted molar refractivity (Wildman–Crippen MR) is 128 cm³/mol. The van der Waals surface area contributed by atoms with Gasteiger partial charge in [0.15, 0.2) is 5.15 Å². The van der Waals surface area contributed by atoms with E-state index < -0.39 is 29.3 Å². The number of carbonyl (C=O) groups excluding carboxylic acids is 2. The molecule has 0 aliphatic heterocycles. The van der Waals surface area contributed by atoms with E-state index in [4.69, 9.17) is 27.9 Å². The van der Waals surface area contributed by atoms with E-state index in [-0.39, 0.29) is 18.1 Å². The van der Waals surface area contributed by atoms with Gasteiger partial charge >= 0.3 is 5.97 Å². The Morgan fingerprint density at radius 2 is 1.94 bits per heavy atom. The monoisotopic (exact) mass is 507 g/mol. The summed E-state index contributed by atoms with van der Waals surface area (Å²) in [5.74, 6) is -1.41. The Labute approximate surface area is 206 Å². The van der Waals surface area contributed by atoms with Crippen LogP contribution in [0.5, 0.6) is 0 Å². The van der Waals surface area contributed by atoms with Crippen LogP contribution in [0.2, 0.25) is 10.2 Å². The maximum absolute atomic E-state index is 13.6. The van der Waals surface area contributed by atoms with E-state index in [0.717, 1.165) is 0 Å². The van der Waals surface area contributed by atoms with Gasteiger partial charge in [0.1, 0.15) is 17.5 Å². The number of anilines is 1. The zero-order valence-electron chi connectivity index (χ0n) is 18.8. The van der Waals surface area contributed by atoms with E-state index in [1.54, 1.807) is 51.1 Å². The second-order valence-corrected chi connectivity index (χ2v) is 9.32. The summed E-state index contributed by atoms with van der Waals surface area (Å²) < 4.78 is 20.5. The van der Waals surface area contributed by atoms with Gasteiger partial charge in [0, 0.05) is 5.02 Å². The molecule has 0 bridgehead atoms. The van der Waals surface area contributed by atoms with E-state index in [9.17, 15) is 14.0 Å². The van der Waals surface area contributed by atoms with Crippen LogP contribution >= 0.6 is 23.2 Å². The van der Waals surface area contributed by atoms with E-state index in [1.165, 1.54) is 23.0 Å². The molecular formula is C23H24Cl2FN5O3. The molecule has 180 valence electrons. The highest BCUT2D eigenvalue weighted by atomic mass is 35.5. The average molecular weight is 508 g/mol. The first-order valence-electron chi connectivity index (χ1n) is 10.4. The van der Waals surface area contributed by atoms with Crippen LogP contribution in [0.3, 0.4) is 0 Å². The Bertz CT molecular complexity index is 1180. The number of aromatic nitrogens is 3. The van der Waals surface area contributed by atoms with E-state index >= 15 is 0 Å². The van der Waals surface area contributed by atoms with E-state index in [2.05, 4.69) is 20.9 Å². The van der Waals surface area contributed by atoms with Gasteiger partial charge in [0.2, 0.25) is 5.91 Å². The molecule has 0 aliphatic carbocycles. The lowest BCUT2D eigenvalue weighted by Gasteiger charge is -2.24. The number of nitrogens with one attached hydrogen (secondary N) is 2. The SMILES string of the molecule is CC(C)(C)OC(=O)C(Cc1cccc(F)c1)NCC(=O)Nc1cc(Cl)ccc1-n1cc(Cl)nn1. The summed E-state index contributed by atoms with van der Waals surface area (Å²) in [5, 5.41) is 13.9. The number of rotatable bonds is 8. The Morgan fingerprint density at radius 1 is 1.18 bits per heavy atom. The third-order valence-electron chi connectivity index (χ3n) is 4.47.